The monoisotopic (exact) mass is 358 g/mol. The van der Waals surface area contributed by atoms with Gasteiger partial charge in [-0.3, -0.25) is 14.8 Å². The van der Waals surface area contributed by atoms with Gasteiger partial charge in [-0.2, -0.15) is 5.10 Å². The summed E-state index contributed by atoms with van der Waals surface area (Å²) in [5.74, 6) is -0.0598. The van der Waals surface area contributed by atoms with E-state index in [9.17, 15) is 4.79 Å². The number of nitrogens with zero attached hydrogens (tertiary/aromatic N) is 6. The second-order valence-corrected chi connectivity index (χ2v) is 6.28. The van der Waals surface area contributed by atoms with Crippen LogP contribution in [0.25, 0.3) is 16.7 Å². The average Bonchev–Trinajstić information content (AvgIpc) is 3.27. The molecule has 0 N–H and O–H groups in total. The van der Waals surface area contributed by atoms with E-state index in [1.165, 1.54) is 6.33 Å². The van der Waals surface area contributed by atoms with Gasteiger partial charge in [0.05, 0.1) is 22.8 Å². The fraction of sp³-hybridized carbons (Fsp3) is 0.150. The summed E-state index contributed by atoms with van der Waals surface area (Å²) in [6.45, 7) is 2.00. The fourth-order valence-corrected chi connectivity index (χ4v) is 2.95. The van der Waals surface area contributed by atoms with Crippen molar-refractivity contribution in [2.24, 2.45) is 0 Å². The van der Waals surface area contributed by atoms with Crippen molar-refractivity contribution in [2.45, 2.75) is 13.0 Å². The molecule has 0 aliphatic carbocycles. The summed E-state index contributed by atoms with van der Waals surface area (Å²) in [5, 5.41) is 4.12. The van der Waals surface area contributed by atoms with Gasteiger partial charge in [0.25, 0.3) is 5.91 Å². The van der Waals surface area contributed by atoms with Crippen LogP contribution in [0.2, 0.25) is 0 Å². The van der Waals surface area contributed by atoms with Crippen LogP contribution in [0.4, 0.5) is 0 Å². The number of fused-ring (bicyclic) bond motifs is 1. The van der Waals surface area contributed by atoms with Crippen LogP contribution in [-0.4, -0.2) is 42.6 Å². The van der Waals surface area contributed by atoms with E-state index in [-0.39, 0.29) is 11.9 Å². The number of amides is 1. The Kier molecular flexibility index (Phi) is 4.33. The first-order valence-electron chi connectivity index (χ1n) is 8.56. The molecular weight excluding hydrogens is 340 g/mol. The first-order chi connectivity index (χ1) is 13.1. The minimum absolute atomic E-state index is 0.0598. The lowest BCUT2D eigenvalue weighted by atomic mass is 10.1. The molecule has 0 aliphatic rings. The Morgan fingerprint density at radius 1 is 1.04 bits per heavy atom. The highest BCUT2D eigenvalue weighted by Crippen LogP contribution is 2.23. The SMILES string of the molecule is C[C@@H](c1ccc(-n2cncn2)cc1)N(C)C(=O)c1ccc2nccnc2c1. The molecule has 27 heavy (non-hydrogen) atoms. The molecule has 134 valence electrons. The molecule has 2 heterocycles. The van der Waals surface area contributed by atoms with E-state index < -0.39 is 0 Å². The standard InChI is InChI=1S/C20H18N6O/c1-14(15-3-6-17(7-4-15)26-13-21-12-24-26)25(2)20(27)16-5-8-18-19(11-16)23-10-9-22-18/h3-14H,1-2H3/t14-/m0/s1. The number of rotatable bonds is 4. The molecule has 0 saturated heterocycles. The van der Waals surface area contributed by atoms with E-state index in [0.717, 1.165) is 16.8 Å². The highest BCUT2D eigenvalue weighted by Gasteiger charge is 2.19. The van der Waals surface area contributed by atoms with Crippen LogP contribution < -0.4 is 0 Å². The van der Waals surface area contributed by atoms with Gasteiger partial charge < -0.3 is 4.90 Å². The maximum atomic E-state index is 12.9. The third-order valence-corrected chi connectivity index (χ3v) is 4.68. The van der Waals surface area contributed by atoms with E-state index in [2.05, 4.69) is 20.1 Å². The Labute approximate surface area is 156 Å². The Morgan fingerprint density at radius 2 is 1.78 bits per heavy atom. The first-order valence-corrected chi connectivity index (χ1v) is 8.56. The van der Waals surface area contributed by atoms with Gasteiger partial charge in [-0.15, -0.1) is 0 Å². The lowest BCUT2D eigenvalue weighted by molar-refractivity contribution is 0.0743. The van der Waals surface area contributed by atoms with Crippen molar-refractivity contribution in [3.8, 4) is 5.69 Å². The largest absolute Gasteiger partial charge is 0.335 e. The summed E-state index contributed by atoms with van der Waals surface area (Å²) < 4.78 is 1.69. The van der Waals surface area contributed by atoms with Crippen LogP contribution in [0.1, 0.15) is 28.9 Å². The van der Waals surface area contributed by atoms with Crippen molar-refractivity contribution in [1.82, 2.24) is 29.6 Å². The smallest absolute Gasteiger partial charge is 0.254 e. The second kappa shape index (κ2) is 6.95. The van der Waals surface area contributed by atoms with Crippen LogP contribution in [0.15, 0.2) is 67.5 Å². The Morgan fingerprint density at radius 3 is 2.48 bits per heavy atom. The molecule has 0 radical (unpaired) electrons. The van der Waals surface area contributed by atoms with Crippen LogP contribution in [-0.2, 0) is 0 Å². The van der Waals surface area contributed by atoms with Crippen LogP contribution >= 0.6 is 0 Å². The van der Waals surface area contributed by atoms with Crippen molar-refractivity contribution in [1.29, 1.82) is 0 Å². The molecule has 2 aromatic heterocycles. The van der Waals surface area contributed by atoms with E-state index >= 15 is 0 Å². The number of hydrogen-bond acceptors (Lipinski definition) is 5. The number of carbonyl (C=O) groups is 1. The molecule has 1 atom stereocenters. The second-order valence-electron chi connectivity index (χ2n) is 6.28. The summed E-state index contributed by atoms with van der Waals surface area (Å²) in [5.41, 5.74) is 4.03. The van der Waals surface area contributed by atoms with E-state index in [1.54, 1.807) is 47.5 Å². The molecule has 0 bridgehead atoms. The van der Waals surface area contributed by atoms with E-state index in [4.69, 9.17) is 0 Å². The lowest BCUT2D eigenvalue weighted by Crippen LogP contribution is -2.29. The van der Waals surface area contributed by atoms with Gasteiger partial charge in [-0.25, -0.2) is 9.67 Å². The zero-order valence-corrected chi connectivity index (χ0v) is 15.0. The van der Waals surface area contributed by atoms with Gasteiger partial charge in [-0.1, -0.05) is 12.1 Å². The Hall–Kier alpha value is -3.61. The molecule has 2 aromatic carbocycles. The van der Waals surface area contributed by atoms with Crippen molar-refractivity contribution < 1.29 is 4.79 Å². The third kappa shape index (κ3) is 3.27. The van der Waals surface area contributed by atoms with E-state index in [1.807, 2.05) is 37.3 Å². The average molecular weight is 358 g/mol. The quantitative estimate of drug-likeness (QED) is 0.560. The van der Waals surface area contributed by atoms with Crippen molar-refractivity contribution in [3.63, 3.8) is 0 Å². The maximum Gasteiger partial charge on any atom is 0.254 e. The van der Waals surface area contributed by atoms with Crippen molar-refractivity contribution in [2.75, 3.05) is 7.05 Å². The molecule has 7 heteroatoms. The van der Waals surface area contributed by atoms with Crippen LogP contribution in [0, 0.1) is 0 Å². The van der Waals surface area contributed by atoms with Gasteiger partial charge >= 0.3 is 0 Å². The molecule has 0 aliphatic heterocycles. The predicted molar refractivity (Wildman–Crippen MR) is 101 cm³/mol. The zero-order chi connectivity index (χ0) is 18.8. The third-order valence-electron chi connectivity index (χ3n) is 4.68. The molecule has 0 unspecified atom stereocenters. The van der Waals surface area contributed by atoms with E-state index in [0.29, 0.717) is 11.1 Å². The summed E-state index contributed by atoms with van der Waals surface area (Å²) in [6.07, 6.45) is 6.41. The lowest BCUT2D eigenvalue weighted by Gasteiger charge is -2.25. The molecule has 0 spiro atoms. The van der Waals surface area contributed by atoms with Gasteiger partial charge in [0.15, 0.2) is 0 Å². The molecular formula is C20H18N6O. The van der Waals surface area contributed by atoms with Crippen LogP contribution in [0.5, 0.6) is 0 Å². The van der Waals surface area contributed by atoms with Gasteiger partial charge in [0, 0.05) is 25.0 Å². The Balaban J connectivity index is 1.55. The number of benzene rings is 2. The number of carbonyl (C=O) groups excluding carboxylic acids is 1. The minimum atomic E-state index is -0.0835. The molecule has 0 fully saturated rings. The highest BCUT2D eigenvalue weighted by molar-refractivity contribution is 5.97. The molecule has 4 rings (SSSR count). The summed E-state index contributed by atoms with van der Waals surface area (Å²) in [4.78, 5) is 27.1. The van der Waals surface area contributed by atoms with Crippen molar-refractivity contribution >= 4 is 16.9 Å². The molecule has 7 nitrogen and oxygen atoms in total. The van der Waals surface area contributed by atoms with Gasteiger partial charge in [0.2, 0.25) is 0 Å². The predicted octanol–water partition coefficient (Wildman–Crippen LogP) is 3.04. The summed E-state index contributed by atoms with van der Waals surface area (Å²) >= 11 is 0. The first kappa shape index (κ1) is 16.8. The van der Waals surface area contributed by atoms with Crippen LogP contribution in [0.3, 0.4) is 0 Å². The van der Waals surface area contributed by atoms with Gasteiger partial charge in [-0.05, 0) is 42.8 Å². The molecule has 1 amide bonds. The Bertz CT molecular complexity index is 1080. The fourth-order valence-electron chi connectivity index (χ4n) is 2.95. The minimum Gasteiger partial charge on any atom is -0.335 e. The number of hydrogen-bond donors (Lipinski definition) is 0. The molecule has 0 saturated carbocycles. The highest BCUT2D eigenvalue weighted by atomic mass is 16.2. The van der Waals surface area contributed by atoms with Crippen molar-refractivity contribution in [3.05, 3.63) is 78.6 Å². The summed E-state index contributed by atoms with van der Waals surface area (Å²) in [7, 11) is 1.80. The topological polar surface area (TPSA) is 76.8 Å². The normalized spacial score (nSPS) is 12.1. The summed E-state index contributed by atoms with van der Waals surface area (Å²) in [6, 6.07) is 13.2. The van der Waals surface area contributed by atoms with Gasteiger partial charge in [0.1, 0.15) is 12.7 Å². The zero-order valence-electron chi connectivity index (χ0n) is 15.0. The molecule has 4 aromatic rings. The maximum absolute atomic E-state index is 12.9. The number of aromatic nitrogens is 5.